The van der Waals surface area contributed by atoms with Gasteiger partial charge in [0.2, 0.25) is 5.95 Å². The Balaban J connectivity index is 1.75. The van der Waals surface area contributed by atoms with Crippen LogP contribution in [0.25, 0.3) is 0 Å². The first-order chi connectivity index (χ1) is 12.2. The van der Waals surface area contributed by atoms with Crippen molar-refractivity contribution in [3.8, 4) is 0 Å². The second-order valence-corrected chi connectivity index (χ2v) is 6.24. The molecule has 25 heavy (non-hydrogen) atoms. The van der Waals surface area contributed by atoms with Gasteiger partial charge in [-0.3, -0.25) is 9.78 Å². The Labute approximate surface area is 146 Å². The number of unbranched alkanes of at least 4 members (excludes halogenated alkanes) is 1. The van der Waals surface area contributed by atoms with Gasteiger partial charge < -0.3 is 10.1 Å². The molecule has 0 bridgehead atoms. The number of H-pyrrole nitrogens is 1. The zero-order valence-corrected chi connectivity index (χ0v) is 14.4. The summed E-state index contributed by atoms with van der Waals surface area (Å²) < 4.78 is 5.23. The van der Waals surface area contributed by atoms with Crippen LogP contribution >= 0.6 is 0 Å². The number of benzene rings is 1. The zero-order valence-electron chi connectivity index (χ0n) is 14.4. The Morgan fingerprint density at radius 2 is 2.16 bits per heavy atom. The van der Waals surface area contributed by atoms with E-state index in [1.54, 1.807) is 18.2 Å². The maximum atomic E-state index is 12.2. The molecule has 2 N–H and O–H groups in total. The van der Waals surface area contributed by atoms with Crippen LogP contribution in [0.4, 0.5) is 11.6 Å². The third-order valence-corrected chi connectivity index (χ3v) is 4.28. The summed E-state index contributed by atoms with van der Waals surface area (Å²) in [5.74, 6) is 0.0612. The molecule has 132 valence electrons. The highest BCUT2D eigenvalue weighted by molar-refractivity contribution is 5.90. The van der Waals surface area contributed by atoms with E-state index in [9.17, 15) is 9.59 Å². The molecule has 0 aliphatic heterocycles. The monoisotopic (exact) mass is 341 g/mol. The average molecular weight is 341 g/mol. The Hall–Kier alpha value is -2.63. The predicted octanol–water partition coefficient (Wildman–Crippen LogP) is 3.35. The number of nitrogens with zero attached hydrogens (tertiary/aromatic N) is 1. The van der Waals surface area contributed by atoms with Crippen LogP contribution in [0.5, 0.6) is 0 Å². The second-order valence-electron chi connectivity index (χ2n) is 6.24. The van der Waals surface area contributed by atoms with E-state index in [4.69, 9.17) is 4.74 Å². The average Bonchev–Trinajstić information content (AvgIpc) is 2.62. The number of rotatable bonds is 6. The first kappa shape index (κ1) is 17.2. The number of carbonyl (C=O) groups excluding carboxylic acids is 1. The molecule has 6 nitrogen and oxygen atoms in total. The molecule has 0 unspecified atom stereocenters. The molecule has 3 rings (SSSR count). The number of anilines is 2. The van der Waals surface area contributed by atoms with E-state index in [1.165, 1.54) is 0 Å². The minimum absolute atomic E-state index is 0.0812. The fourth-order valence-electron chi connectivity index (χ4n) is 2.92. The molecular weight excluding hydrogens is 318 g/mol. The zero-order chi connectivity index (χ0) is 17.6. The largest absolute Gasteiger partial charge is 0.462 e. The number of aryl methyl sites for hydroxylation is 1. The van der Waals surface area contributed by atoms with Crippen molar-refractivity contribution in [3.63, 3.8) is 0 Å². The van der Waals surface area contributed by atoms with Crippen molar-refractivity contribution >= 4 is 17.6 Å². The van der Waals surface area contributed by atoms with E-state index < -0.39 is 0 Å². The topological polar surface area (TPSA) is 84.1 Å². The Morgan fingerprint density at radius 3 is 3.00 bits per heavy atom. The normalized spacial score (nSPS) is 13.2. The van der Waals surface area contributed by atoms with Gasteiger partial charge in [0.05, 0.1) is 17.9 Å². The fourth-order valence-corrected chi connectivity index (χ4v) is 2.92. The van der Waals surface area contributed by atoms with Gasteiger partial charge in [-0.05, 0) is 50.3 Å². The Kier molecular flexibility index (Phi) is 5.48. The molecule has 0 amide bonds. The van der Waals surface area contributed by atoms with Gasteiger partial charge >= 0.3 is 5.97 Å². The number of hydrogen-bond acceptors (Lipinski definition) is 5. The summed E-state index contributed by atoms with van der Waals surface area (Å²) in [6, 6.07) is 7.01. The standard InChI is InChI=1S/C19H23N3O3/c1-2-3-11-25-18(24)13-7-6-8-14(12-13)20-19-21-16-10-5-4-9-15(16)17(23)22-19/h6-8,12H,2-5,9-11H2,1H3,(H2,20,21,22,23). The molecule has 1 aromatic carbocycles. The predicted molar refractivity (Wildman–Crippen MR) is 96.4 cm³/mol. The molecule has 0 saturated heterocycles. The maximum Gasteiger partial charge on any atom is 0.338 e. The molecule has 1 aromatic heterocycles. The van der Waals surface area contributed by atoms with Crippen LogP contribution in [-0.4, -0.2) is 22.5 Å². The van der Waals surface area contributed by atoms with Crippen LogP contribution in [0.3, 0.4) is 0 Å². The summed E-state index contributed by atoms with van der Waals surface area (Å²) >= 11 is 0. The van der Waals surface area contributed by atoms with E-state index in [2.05, 4.69) is 15.3 Å². The number of aromatic nitrogens is 2. The van der Waals surface area contributed by atoms with Gasteiger partial charge in [-0.25, -0.2) is 9.78 Å². The van der Waals surface area contributed by atoms with Crippen molar-refractivity contribution in [2.24, 2.45) is 0 Å². The van der Waals surface area contributed by atoms with Crippen LogP contribution in [-0.2, 0) is 17.6 Å². The molecule has 2 aromatic rings. The molecule has 0 spiro atoms. The number of esters is 1. The van der Waals surface area contributed by atoms with Gasteiger partial charge in [0, 0.05) is 11.3 Å². The van der Waals surface area contributed by atoms with Gasteiger partial charge in [-0.15, -0.1) is 0 Å². The molecular formula is C19H23N3O3. The van der Waals surface area contributed by atoms with E-state index in [0.29, 0.717) is 23.8 Å². The lowest BCUT2D eigenvalue weighted by atomic mass is 9.97. The highest BCUT2D eigenvalue weighted by Crippen LogP contribution is 2.19. The molecule has 1 aliphatic rings. The lowest BCUT2D eigenvalue weighted by Crippen LogP contribution is -2.22. The Bertz CT molecular complexity index is 814. The summed E-state index contributed by atoms with van der Waals surface area (Å²) in [6.07, 6.45) is 5.54. The van der Waals surface area contributed by atoms with Crippen LogP contribution in [0.15, 0.2) is 29.1 Å². The summed E-state index contributed by atoms with van der Waals surface area (Å²) in [7, 11) is 0. The van der Waals surface area contributed by atoms with Gasteiger partial charge in [0.1, 0.15) is 0 Å². The Morgan fingerprint density at radius 1 is 1.32 bits per heavy atom. The number of aromatic amines is 1. The molecule has 0 radical (unpaired) electrons. The van der Waals surface area contributed by atoms with Crippen molar-refractivity contribution in [3.05, 3.63) is 51.4 Å². The number of fused-ring (bicyclic) bond motifs is 1. The lowest BCUT2D eigenvalue weighted by Gasteiger charge is -2.15. The summed E-state index contributed by atoms with van der Waals surface area (Å²) in [5, 5.41) is 3.08. The molecule has 0 fully saturated rings. The van der Waals surface area contributed by atoms with E-state index in [1.807, 2.05) is 13.0 Å². The van der Waals surface area contributed by atoms with Crippen molar-refractivity contribution in [1.82, 2.24) is 9.97 Å². The molecule has 0 atom stereocenters. The van der Waals surface area contributed by atoms with Gasteiger partial charge in [0.15, 0.2) is 0 Å². The minimum atomic E-state index is -0.344. The third-order valence-electron chi connectivity index (χ3n) is 4.28. The van der Waals surface area contributed by atoms with Crippen molar-refractivity contribution in [2.45, 2.75) is 45.4 Å². The summed E-state index contributed by atoms with van der Waals surface area (Å²) in [6.45, 7) is 2.47. The van der Waals surface area contributed by atoms with E-state index in [-0.39, 0.29) is 11.5 Å². The quantitative estimate of drug-likeness (QED) is 0.622. The molecule has 1 aliphatic carbocycles. The van der Waals surface area contributed by atoms with Crippen molar-refractivity contribution in [1.29, 1.82) is 0 Å². The maximum absolute atomic E-state index is 12.2. The van der Waals surface area contributed by atoms with Crippen molar-refractivity contribution in [2.75, 3.05) is 11.9 Å². The highest BCUT2D eigenvalue weighted by Gasteiger charge is 2.15. The first-order valence-electron chi connectivity index (χ1n) is 8.83. The molecule has 6 heteroatoms. The minimum Gasteiger partial charge on any atom is -0.462 e. The summed E-state index contributed by atoms with van der Waals surface area (Å²) in [5.41, 5.74) is 2.74. The first-order valence-corrected chi connectivity index (χ1v) is 8.83. The lowest BCUT2D eigenvalue weighted by molar-refractivity contribution is 0.0500. The highest BCUT2D eigenvalue weighted by atomic mass is 16.5. The SMILES string of the molecule is CCCCOC(=O)c1cccc(Nc2nc3c(c(=O)[nH]2)CCCC3)c1. The molecule has 1 heterocycles. The smallest absolute Gasteiger partial charge is 0.338 e. The van der Waals surface area contributed by atoms with Crippen LogP contribution in [0, 0.1) is 0 Å². The van der Waals surface area contributed by atoms with Crippen LogP contribution in [0.2, 0.25) is 0 Å². The van der Waals surface area contributed by atoms with Crippen LogP contribution in [0.1, 0.15) is 54.2 Å². The number of hydrogen-bond donors (Lipinski definition) is 2. The second kappa shape index (κ2) is 7.96. The van der Waals surface area contributed by atoms with E-state index in [0.717, 1.165) is 49.8 Å². The van der Waals surface area contributed by atoms with Crippen molar-refractivity contribution < 1.29 is 9.53 Å². The number of ether oxygens (including phenoxy) is 1. The van der Waals surface area contributed by atoms with Gasteiger partial charge in [-0.1, -0.05) is 19.4 Å². The number of nitrogens with one attached hydrogen (secondary N) is 2. The fraction of sp³-hybridized carbons (Fsp3) is 0.421. The number of carbonyl (C=O) groups is 1. The summed E-state index contributed by atoms with van der Waals surface area (Å²) in [4.78, 5) is 31.5. The van der Waals surface area contributed by atoms with Gasteiger partial charge in [-0.2, -0.15) is 0 Å². The van der Waals surface area contributed by atoms with Gasteiger partial charge in [0.25, 0.3) is 5.56 Å². The van der Waals surface area contributed by atoms with Crippen LogP contribution < -0.4 is 10.9 Å². The third kappa shape index (κ3) is 4.26. The molecule has 0 saturated carbocycles. The van der Waals surface area contributed by atoms with E-state index >= 15 is 0 Å².